The van der Waals surface area contributed by atoms with Gasteiger partial charge in [-0.25, -0.2) is 14.6 Å². The van der Waals surface area contributed by atoms with Gasteiger partial charge in [0.1, 0.15) is 6.10 Å². The van der Waals surface area contributed by atoms with E-state index in [2.05, 4.69) is 50.0 Å². The van der Waals surface area contributed by atoms with Crippen molar-refractivity contribution in [2.45, 2.75) is 56.5 Å². The number of nitrogens with zero attached hydrogens (tertiary/aromatic N) is 5. The summed E-state index contributed by atoms with van der Waals surface area (Å²) in [5.41, 5.74) is 2.18. The molecule has 0 spiro atoms. The number of hydrogen-bond acceptors (Lipinski definition) is 9. The van der Waals surface area contributed by atoms with Crippen molar-refractivity contribution in [2.24, 2.45) is 5.92 Å². The molecule has 1 aromatic carbocycles. The second-order valence-corrected chi connectivity index (χ2v) is 9.42. The topological polar surface area (TPSA) is 138 Å². The van der Waals surface area contributed by atoms with E-state index < -0.39 is 24.2 Å². The Bertz CT molecular complexity index is 1110. The molecule has 4 rings (SSSR count). The Labute approximate surface area is 202 Å². The largest absolute Gasteiger partial charge is 0.390 e. The smallest absolute Gasteiger partial charge is 0.225 e. The molecule has 1 aliphatic rings. The van der Waals surface area contributed by atoms with E-state index in [0.29, 0.717) is 35.2 Å². The molecule has 0 unspecified atom stereocenters. The standard InChI is InChI=1S/C23H31N7O3S/c1-3-12-34-23-26-20(25-11-10-14-8-6-5-7-9-14)17-21(27-23)30(29-28-17)16-13-15(18(31)19(16)32)22(33)24-4-2/h5-9,15-16,18-19,31-32H,3-4,10-13H2,1-2H3,(H,24,33)(H,25,26,27)/t15-,16+,18+,19-/m0/s1. The highest BCUT2D eigenvalue weighted by Crippen LogP contribution is 2.37. The number of hydrogen-bond donors (Lipinski definition) is 4. The highest BCUT2D eigenvalue weighted by Gasteiger charge is 2.47. The van der Waals surface area contributed by atoms with E-state index in [0.717, 1.165) is 18.6 Å². The second-order valence-electron chi connectivity index (χ2n) is 8.36. The first kappa shape index (κ1) is 24.4. The minimum absolute atomic E-state index is 0.241. The van der Waals surface area contributed by atoms with Crippen LogP contribution in [0.2, 0.25) is 0 Å². The van der Waals surface area contributed by atoms with Crippen LogP contribution in [0.5, 0.6) is 0 Å². The zero-order valence-corrected chi connectivity index (χ0v) is 20.2. The van der Waals surface area contributed by atoms with Crippen molar-refractivity contribution >= 4 is 34.7 Å². The number of fused-ring (bicyclic) bond motifs is 1. The molecule has 2 heterocycles. The van der Waals surface area contributed by atoms with Crippen LogP contribution < -0.4 is 10.6 Å². The highest BCUT2D eigenvalue weighted by atomic mass is 32.2. The molecule has 2 aromatic heterocycles. The van der Waals surface area contributed by atoms with E-state index in [9.17, 15) is 15.0 Å². The van der Waals surface area contributed by atoms with Crippen LogP contribution in [0.15, 0.2) is 35.5 Å². The Morgan fingerprint density at radius 3 is 2.71 bits per heavy atom. The molecule has 1 aliphatic carbocycles. The molecule has 4 N–H and O–H groups in total. The van der Waals surface area contributed by atoms with E-state index in [-0.39, 0.29) is 12.3 Å². The Balaban J connectivity index is 1.62. The third kappa shape index (κ3) is 5.16. The van der Waals surface area contributed by atoms with Crippen LogP contribution in [-0.4, -0.2) is 72.1 Å². The number of benzene rings is 1. The van der Waals surface area contributed by atoms with Gasteiger partial charge in [-0.05, 0) is 31.7 Å². The maximum Gasteiger partial charge on any atom is 0.225 e. The third-order valence-electron chi connectivity index (χ3n) is 5.94. The molecule has 1 saturated carbocycles. The second kappa shape index (κ2) is 11.1. The van der Waals surface area contributed by atoms with Crippen LogP contribution in [-0.2, 0) is 11.2 Å². The average Bonchev–Trinajstić information content (AvgIpc) is 3.39. The van der Waals surface area contributed by atoms with Gasteiger partial charge in [-0.15, -0.1) is 5.10 Å². The lowest BCUT2D eigenvalue weighted by Crippen LogP contribution is -2.38. The van der Waals surface area contributed by atoms with Gasteiger partial charge in [0, 0.05) is 18.8 Å². The molecule has 10 nitrogen and oxygen atoms in total. The summed E-state index contributed by atoms with van der Waals surface area (Å²) in [4.78, 5) is 21.7. The molecular formula is C23H31N7O3S. The number of carbonyl (C=O) groups excluding carboxylic acids is 1. The maximum atomic E-state index is 12.4. The van der Waals surface area contributed by atoms with Crippen LogP contribution in [0.25, 0.3) is 11.2 Å². The van der Waals surface area contributed by atoms with E-state index in [1.807, 2.05) is 25.1 Å². The predicted molar refractivity (Wildman–Crippen MR) is 131 cm³/mol. The van der Waals surface area contributed by atoms with Gasteiger partial charge in [-0.1, -0.05) is 54.2 Å². The first-order valence-corrected chi connectivity index (χ1v) is 12.7. The zero-order valence-electron chi connectivity index (χ0n) is 19.4. The van der Waals surface area contributed by atoms with Crippen LogP contribution in [0.1, 0.15) is 38.3 Å². The van der Waals surface area contributed by atoms with Gasteiger partial charge in [0.25, 0.3) is 0 Å². The third-order valence-corrected chi connectivity index (χ3v) is 6.99. The fourth-order valence-electron chi connectivity index (χ4n) is 4.20. The molecule has 0 radical (unpaired) electrons. The van der Waals surface area contributed by atoms with Gasteiger partial charge >= 0.3 is 0 Å². The summed E-state index contributed by atoms with van der Waals surface area (Å²) in [7, 11) is 0. The molecular weight excluding hydrogens is 454 g/mol. The zero-order chi connectivity index (χ0) is 24.1. The summed E-state index contributed by atoms with van der Waals surface area (Å²) in [5, 5.41) is 36.5. The van der Waals surface area contributed by atoms with Gasteiger partial charge in [-0.2, -0.15) is 0 Å². The highest BCUT2D eigenvalue weighted by molar-refractivity contribution is 7.99. The van der Waals surface area contributed by atoms with E-state index in [4.69, 9.17) is 0 Å². The lowest BCUT2D eigenvalue weighted by molar-refractivity contribution is -0.128. The summed E-state index contributed by atoms with van der Waals surface area (Å²) in [6, 6.07) is 9.55. The number of nitrogens with one attached hydrogen (secondary N) is 2. The lowest BCUT2D eigenvalue weighted by atomic mass is 10.0. The molecule has 34 heavy (non-hydrogen) atoms. The Morgan fingerprint density at radius 2 is 1.97 bits per heavy atom. The molecule has 0 bridgehead atoms. The molecule has 0 saturated heterocycles. The number of aromatic nitrogens is 5. The summed E-state index contributed by atoms with van der Waals surface area (Å²) >= 11 is 1.54. The number of aliphatic hydroxyl groups excluding tert-OH is 2. The minimum atomic E-state index is -1.19. The van der Waals surface area contributed by atoms with Crippen LogP contribution in [0, 0.1) is 5.92 Å². The SMILES string of the molecule is CCCSc1nc(NCCc2ccccc2)c2nnn([C@@H]3C[C@H](C(=O)NCC)[C@@H](O)[C@H]3O)c2n1. The molecule has 4 atom stereocenters. The summed E-state index contributed by atoms with van der Waals surface area (Å²) in [6.45, 7) is 5.02. The maximum absolute atomic E-state index is 12.4. The van der Waals surface area contributed by atoms with Crippen molar-refractivity contribution in [1.82, 2.24) is 30.3 Å². The molecule has 1 amide bonds. The van der Waals surface area contributed by atoms with E-state index in [1.54, 1.807) is 11.8 Å². The number of amides is 1. The van der Waals surface area contributed by atoms with Crippen molar-refractivity contribution in [2.75, 3.05) is 24.2 Å². The Morgan fingerprint density at radius 1 is 1.18 bits per heavy atom. The van der Waals surface area contributed by atoms with Crippen molar-refractivity contribution in [3.63, 3.8) is 0 Å². The van der Waals surface area contributed by atoms with Crippen molar-refractivity contribution in [3.05, 3.63) is 35.9 Å². The molecule has 182 valence electrons. The van der Waals surface area contributed by atoms with Crippen molar-refractivity contribution < 1.29 is 15.0 Å². The van der Waals surface area contributed by atoms with Crippen molar-refractivity contribution in [3.8, 4) is 0 Å². The lowest BCUT2D eigenvalue weighted by Gasteiger charge is -2.17. The molecule has 3 aromatic rings. The fraction of sp³-hybridized carbons (Fsp3) is 0.522. The van der Waals surface area contributed by atoms with Gasteiger partial charge in [0.2, 0.25) is 5.91 Å². The quantitative estimate of drug-likeness (QED) is 0.250. The molecule has 11 heteroatoms. The monoisotopic (exact) mass is 485 g/mol. The van der Waals surface area contributed by atoms with Gasteiger partial charge in [0.15, 0.2) is 22.1 Å². The molecule has 0 aliphatic heterocycles. The van der Waals surface area contributed by atoms with Gasteiger partial charge in [-0.3, -0.25) is 4.79 Å². The predicted octanol–water partition coefficient (Wildman–Crippen LogP) is 1.80. The van der Waals surface area contributed by atoms with Gasteiger partial charge in [0.05, 0.1) is 18.1 Å². The van der Waals surface area contributed by atoms with Crippen LogP contribution >= 0.6 is 11.8 Å². The first-order valence-electron chi connectivity index (χ1n) is 11.7. The van der Waals surface area contributed by atoms with Crippen molar-refractivity contribution in [1.29, 1.82) is 0 Å². The fourth-order valence-corrected chi connectivity index (χ4v) is 4.89. The van der Waals surface area contributed by atoms with E-state index >= 15 is 0 Å². The Kier molecular flexibility index (Phi) is 7.96. The summed E-state index contributed by atoms with van der Waals surface area (Å²) in [5.74, 6) is 0.441. The number of carbonyl (C=O) groups is 1. The number of thioether (sulfide) groups is 1. The Hall–Kier alpha value is -2.76. The molecule has 1 fully saturated rings. The summed E-state index contributed by atoms with van der Waals surface area (Å²) in [6.07, 6.45) is -0.309. The minimum Gasteiger partial charge on any atom is -0.390 e. The van der Waals surface area contributed by atoms with Crippen LogP contribution in [0.3, 0.4) is 0 Å². The number of aliphatic hydroxyl groups is 2. The normalized spacial score (nSPS) is 22.2. The first-order chi connectivity index (χ1) is 16.5. The summed E-state index contributed by atoms with van der Waals surface area (Å²) < 4.78 is 1.53. The van der Waals surface area contributed by atoms with Gasteiger partial charge < -0.3 is 20.8 Å². The average molecular weight is 486 g/mol. The number of rotatable bonds is 10. The van der Waals surface area contributed by atoms with Crippen LogP contribution in [0.4, 0.5) is 5.82 Å². The van der Waals surface area contributed by atoms with E-state index in [1.165, 1.54) is 10.2 Å². The number of anilines is 1.